The molecule has 0 aliphatic heterocycles. The van der Waals surface area contributed by atoms with Crippen LogP contribution >= 0.6 is 11.8 Å². The standard InChI is InChI=1S/C18H16FN3O3S/c1-2-24-15-9-4-3-8-14(15)17-21-22-18(25-17)26-11-16(23)20-13-7-5-6-12(19)10-13/h3-10H,2,11H2,1H3,(H,20,23). The first kappa shape index (κ1) is 17.9. The van der Waals surface area contributed by atoms with Crippen molar-refractivity contribution in [3.8, 4) is 17.2 Å². The molecule has 1 aromatic heterocycles. The average Bonchev–Trinajstić information content (AvgIpc) is 3.10. The van der Waals surface area contributed by atoms with Crippen LogP contribution in [0.2, 0.25) is 0 Å². The van der Waals surface area contributed by atoms with Crippen molar-refractivity contribution < 1.29 is 18.3 Å². The van der Waals surface area contributed by atoms with Crippen LogP contribution in [0.25, 0.3) is 11.5 Å². The molecule has 1 heterocycles. The molecule has 134 valence electrons. The first-order valence-electron chi connectivity index (χ1n) is 7.89. The van der Waals surface area contributed by atoms with Crippen LogP contribution in [0.4, 0.5) is 10.1 Å². The second kappa shape index (κ2) is 8.48. The third-order valence-corrected chi connectivity index (χ3v) is 4.08. The third-order valence-electron chi connectivity index (χ3n) is 3.26. The van der Waals surface area contributed by atoms with Crippen molar-refractivity contribution in [2.24, 2.45) is 0 Å². The van der Waals surface area contributed by atoms with Crippen LogP contribution in [0.5, 0.6) is 5.75 Å². The van der Waals surface area contributed by atoms with Crippen LogP contribution in [-0.4, -0.2) is 28.5 Å². The highest BCUT2D eigenvalue weighted by Crippen LogP contribution is 2.30. The zero-order valence-corrected chi connectivity index (χ0v) is 14.8. The van der Waals surface area contributed by atoms with Gasteiger partial charge in [0.2, 0.25) is 5.91 Å². The van der Waals surface area contributed by atoms with Gasteiger partial charge in [-0.3, -0.25) is 4.79 Å². The minimum atomic E-state index is -0.412. The average molecular weight is 373 g/mol. The number of carbonyl (C=O) groups excluding carboxylic acids is 1. The summed E-state index contributed by atoms with van der Waals surface area (Å²) in [7, 11) is 0. The van der Waals surface area contributed by atoms with Crippen molar-refractivity contribution in [1.82, 2.24) is 10.2 Å². The van der Waals surface area contributed by atoms with Crippen molar-refractivity contribution in [2.45, 2.75) is 12.1 Å². The van der Waals surface area contributed by atoms with Gasteiger partial charge in [-0.1, -0.05) is 30.0 Å². The number of amides is 1. The minimum Gasteiger partial charge on any atom is -0.493 e. The van der Waals surface area contributed by atoms with E-state index in [-0.39, 0.29) is 16.9 Å². The summed E-state index contributed by atoms with van der Waals surface area (Å²) in [6.45, 7) is 2.41. The lowest BCUT2D eigenvalue weighted by atomic mass is 10.2. The number of ether oxygens (including phenoxy) is 1. The maximum atomic E-state index is 13.1. The minimum absolute atomic E-state index is 0.0608. The molecule has 0 aliphatic rings. The number of aromatic nitrogens is 2. The fraction of sp³-hybridized carbons (Fsp3) is 0.167. The molecule has 0 saturated carbocycles. The summed E-state index contributed by atoms with van der Waals surface area (Å²) in [5.74, 6) is 0.326. The maximum Gasteiger partial charge on any atom is 0.277 e. The van der Waals surface area contributed by atoms with Crippen LogP contribution in [0.1, 0.15) is 6.92 Å². The Kier molecular flexibility index (Phi) is 5.85. The number of hydrogen-bond donors (Lipinski definition) is 1. The lowest BCUT2D eigenvalue weighted by Crippen LogP contribution is -2.14. The smallest absolute Gasteiger partial charge is 0.277 e. The number of benzene rings is 2. The van der Waals surface area contributed by atoms with Crippen molar-refractivity contribution in [2.75, 3.05) is 17.7 Å². The number of thioether (sulfide) groups is 1. The van der Waals surface area contributed by atoms with Gasteiger partial charge in [0.15, 0.2) is 0 Å². The molecule has 3 rings (SSSR count). The Morgan fingerprint density at radius 1 is 1.23 bits per heavy atom. The van der Waals surface area contributed by atoms with Gasteiger partial charge in [0, 0.05) is 5.69 Å². The highest BCUT2D eigenvalue weighted by molar-refractivity contribution is 7.99. The molecule has 1 N–H and O–H groups in total. The molecule has 1 amide bonds. The number of hydrogen-bond acceptors (Lipinski definition) is 6. The lowest BCUT2D eigenvalue weighted by Gasteiger charge is -2.06. The van der Waals surface area contributed by atoms with E-state index in [0.717, 1.165) is 11.8 Å². The molecule has 26 heavy (non-hydrogen) atoms. The summed E-state index contributed by atoms with van der Waals surface area (Å²) in [6.07, 6.45) is 0. The number of carbonyl (C=O) groups is 1. The summed E-state index contributed by atoms with van der Waals surface area (Å²) >= 11 is 1.10. The van der Waals surface area contributed by atoms with Crippen LogP contribution in [0.15, 0.2) is 58.2 Å². The normalized spacial score (nSPS) is 10.5. The number of nitrogens with one attached hydrogen (secondary N) is 1. The molecule has 0 saturated heterocycles. The highest BCUT2D eigenvalue weighted by Gasteiger charge is 2.14. The monoisotopic (exact) mass is 373 g/mol. The van der Waals surface area contributed by atoms with Crippen molar-refractivity contribution in [3.05, 3.63) is 54.3 Å². The van der Waals surface area contributed by atoms with E-state index >= 15 is 0 Å². The van der Waals surface area contributed by atoms with E-state index in [9.17, 15) is 9.18 Å². The predicted molar refractivity (Wildman–Crippen MR) is 96.7 cm³/mol. The molecule has 0 radical (unpaired) electrons. The summed E-state index contributed by atoms with van der Waals surface area (Å²) < 4.78 is 24.3. The quantitative estimate of drug-likeness (QED) is 0.631. The fourth-order valence-corrected chi connectivity index (χ4v) is 2.76. The predicted octanol–water partition coefficient (Wildman–Crippen LogP) is 4.01. The van der Waals surface area contributed by atoms with Gasteiger partial charge >= 0.3 is 0 Å². The van der Waals surface area contributed by atoms with Crippen molar-refractivity contribution in [3.63, 3.8) is 0 Å². The van der Waals surface area contributed by atoms with Gasteiger partial charge in [-0.2, -0.15) is 0 Å². The van der Waals surface area contributed by atoms with Gasteiger partial charge in [0.05, 0.1) is 17.9 Å². The lowest BCUT2D eigenvalue weighted by molar-refractivity contribution is -0.113. The summed E-state index contributed by atoms with van der Waals surface area (Å²) in [4.78, 5) is 11.9. The molecule has 0 unspecified atom stereocenters. The van der Waals surface area contributed by atoms with Crippen LogP contribution in [0, 0.1) is 5.82 Å². The molecular formula is C18H16FN3O3S. The number of rotatable bonds is 7. The van der Waals surface area contributed by atoms with E-state index in [1.54, 1.807) is 6.07 Å². The summed E-state index contributed by atoms with van der Waals surface area (Å²) in [6, 6.07) is 13.0. The number of anilines is 1. The van der Waals surface area contributed by atoms with Gasteiger partial charge in [-0.25, -0.2) is 4.39 Å². The molecular weight excluding hydrogens is 357 g/mol. The topological polar surface area (TPSA) is 77.2 Å². The largest absolute Gasteiger partial charge is 0.493 e. The van der Waals surface area contributed by atoms with E-state index in [2.05, 4.69) is 15.5 Å². The van der Waals surface area contributed by atoms with Crippen molar-refractivity contribution in [1.29, 1.82) is 0 Å². The molecule has 0 aliphatic carbocycles. The Labute approximate surface area is 153 Å². The second-order valence-corrected chi connectivity index (χ2v) is 6.08. The number of para-hydroxylation sites is 1. The molecule has 3 aromatic rings. The van der Waals surface area contributed by atoms with E-state index in [1.165, 1.54) is 18.2 Å². The molecule has 2 aromatic carbocycles. The molecule has 6 nitrogen and oxygen atoms in total. The van der Waals surface area contributed by atoms with Gasteiger partial charge in [0.1, 0.15) is 11.6 Å². The van der Waals surface area contributed by atoms with Crippen molar-refractivity contribution >= 4 is 23.4 Å². The zero-order valence-electron chi connectivity index (χ0n) is 13.9. The molecule has 0 atom stereocenters. The van der Waals surface area contributed by atoms with E-state index in [4.69, 9.17) is 9.15 Å². The number of nitrogens with zero attached hydrogens (tertiary/aromatic N) is 2. The second-order valence-electron chi connectivity index (χ2n) is 5.15. The highest BCUT2D eigenvalue weighted by atomic mass is 32.2. The zero-order chi connectivity index (χ0) is 18.4. The van der Waals surface area contributed by atoms with Gasteiger partial charge in [-0.15, -0.1) is 10.2 Å². The van der Waals surface area contributed by atoms with Crippen LogP contribution in [-0.2, 0) is 4.79 Å². The maximum absolute atomic E-state index is 13.1. The molecule has 0 spiro atoms. The van der Waals surface area contributed by atoms with E-state index in [0.29, 0.717) is 29.5 Å². The Hall–Kier alpha value is -2.87. The fourth-order valence-electron chi connectivity index (χ4n) is 2.19. The molecule has 0 bridgehead atoms. The Balaban J connectivity index is 1.61. The van der Waals surface area contributed by atoms with Gasteiger partial charge in [0.25, 0.3) is 11.1 Å². The van der Waals surface area contributed by atoms with E-state index < -0.39 is 5.82 Å². The Bertz CT molecular complexity index is 901. The Morgan fingerprint density at radius 3 is 2.88 bits per heavy atom. The van der Waals surface area contributed by atoms with Gasteiger partial charge in [-0.05, 0) is 37.3 Å². The first-order chi connectivity index (χ1) is 12.7. The molecule has 8 heteroatoms. The third kappa shape index (κ3) is 4.60. The molecule has 0 fully saturated rings. The van der Waals surface area contributed by atoms with E-state index in [1.807, 2.05) is 31.2 Å². The first-order valence-corrected chi connectivity index (χ1v) is 8.88. The SMILES string of the molecule is CCOc1ccccc1-c1nnc(SCC(=O)Nc2cccc(F)c2)o1. The van der Waals surface area contributed by atoms with Crippen LogP contribution in [0.3, 0.4) is 0 Å². The number of halogens is 1. The van der Waals surface area contributed by atoms with Gasteiger partial charge < -0.3 is 14.5 Å². The summed E-state index contributed by atoms with van der Waals surface area (Å²) in [5.41, 5.74) is 1.09. The Morgan fingerprint density at radius 2 is 2.08 bits per heavy atom. The summed E-state index contributed by atoms with van der Waals surface area (Å²) in [5, 5.41) is 10.8. The van der Waals surface area contributed by atoms with Crippen LogP contribution < -0.4 is 10.1 Å².